The van der Waals surface area contributed by atoms with Gasteiger partial charge in [0, 0.05) is 11.8 Å². The number of hydrogen-bond donors (Lipinski definition) is 1. The van der Waals surface area contributed by atoms with E-state index in [4.69, 9.17) is 5.26 Å². The van der Waals surface area contributed by atoms with E-state index in [1.165, 1.54) is 6.07 Å². The van der Waals surface area contributed by atoms with Crippen molar-refractivity contribution in [3.63, 3.8) is 0 Å². The molecule has 0 aliphatic carbocycles. The second-order valence-electron chi connectivity index (χ2n) is 3.59. The quantitative estimate of drug-likeness (QED) is 0.658. The third-order valence-corrected chi connectivity index (χ3v) is 2.37. The van der Waals surface area contributed by atoms with Gasteiger partial charge in [0.1, 0.15) is 5.69 Å². The zero-order chi connectivity index (χ0) is 13.0. The Morgan fingerprint density at radius 1 is 1.17 bits per heavy atom. The van der Waals surface area contributed by atoms with Crippen LogP contribution in [0.15, 0.2) is 48.5 Å². The third-order valence-electron chi connectivity index (χ3n) is 2.37. The number of nitrogens with one attached hydrogen (secondary N) is 1. The minimum Gasteiger partial charge on any atom is -0.350 e. The lowest BCUT2D eigenvalue weighted by molar-refractivity contribution is -0.383. The van der Waals surface area contributed by atoms with Crippen molar-refractivity contribution in [2.75, 3.05) is 5.32 Å². The molecule has 88 valence electrons. The van der Waals surface area contributed by atoms with Crippen molar-refractivity contribution in [2.24, 2.45) is 0 Å². The van der Waals surface area contributed by atoms with E-state index in [0.29, 0.717) is 16.9 Å². The van der Waals surface area contributed by atoms with Gasteiger partial charge in [-0.1, -0.05) is 18.2 Å². The minimum atomic E-state index is -0.448. The zero-order valence-corrected chi connectivity index (χ0v) is 9.33. The minimum absolute atomic E-state index is 0.000129. The van der Waals surface area contributed by atoms with E-state index < -0.39 is 4.92 Å². The number of nitrogens with zero attached hydrogens (tertiary/aromatic N) is 2. The average Bonchev–Trinajstić information content (AvgIpc) is 2.39. The van der Waals surface area contributed by atoms with Gasteiger partial charge in [-0.05, 0) is 24.3 Å². The van der Waals surface area contributed by atoms with Gasteiger partial charge < -0.3 is 5.32 Å². The number of benzene rings is 2. The maximum atomic E-state index is 10.8. The molecule has 0 heterocycles. The average molecular weight is 239 g/mol. The molecule has 2 rings (SSSR count). The number of anilines is 2. The summed E-state index contributed by atoms with van der Waals surface area (Å²) in [6.07, 6.45) is 0. The van der Waals surface area contributed by atoms with Crippen molar-refractivity contribution in [2.45, 2.75) is 0 Å². The summed E-state index contributed by atoms with van der Waals surface area (Å²) in [5.41, 5.74) is 1.54. The van der Waals surface area contributed by atoms with Crippen LogP contribution >= 0.6 is 0 Å². The smallest absolute Gasteiger partial charge is 0.292 e. The zero-order valence-electron chi connectivity index (χ0n) is 9.33. The molecule has 2 aromatic carbocycles. The summed E-state index contributed by atoms with van der Waals surface area (Å²) in [7, 11) is 0. The number of para-hydroxylation sites is 2. The van der Waals surface area contributed by atoms with Crippen LogP contribution < -0.4 is 5.32 Å². The highest BCUT2D eigenvalue weighted by Crippen LogP contribution is 2.27. The number of rotatable bonds is 3. The van der Waals surface area contributed by atoms with Gasteiger partial charge in [-0.3, -0.25) is 10.1 Å². The summed E-state index contributed by atoms with van der Waals surface area (Å²) in [5.74, 6) is 0. The van der Waals surface area contributed by atoms with Crippen molar-refractivity contribution in [1.82, 2.24) is 0 Å². The molecule has 0 fully saturated rings. The molecule has 1 N–H and O–H groups in total. The lowest BCUT2D eigenvalue weighted by Crippen LogP contribution is -1.96. The van der Waals surface area contributed by atoms with Crippen molar-refractivity contribution in [3.05, 3.63) is 64.2 Å². The van der Waals surface area contributed by atoms with Crippen LogP contribution in [0.1, 0.15) is 5.56 Å². The maximum Gasteiger partial charge on any atom is 0.292 e. The van der Waals surface area contributed by atoms with Gasteiger partial charge in [-0.15, -0.1) is 0 Å². The van der Waals surface area contributed by atoms with Gasteiger partial charge in [0.25, 0.3) is 5.69 Å². The molecule has 5 heteroatoms. The molecule has 0 atom stereocenters. The fourth-order valence-electron chi connectivity index (χ4n) is 1.56. The van der Waals surface area contributed by atoms with E-state index in [0.717, 1.165) is 0 Å². The molecule has 0 bridgehead atoms. The van der Waals surface area contributed by atoms with E-state index in [2.05, 4.69) is 5.32 Å². The van der Waals surface area contributed by atoms with E-state index in [1.807, 2.05) is 6.07 Å². The molecule has 0 saturated heterocycles. The lowest BCUT2D eigenvalue weighted by atomic mass is 10.2. The summed E-state index contributed by atoms with van der Waals surface area (Å²) in [5, 5.41) is 22.6. The van der Waals surface area contributed by atoms with Crippen LogP contribution in [0.5, 0.6) is 0 Å². The maximum absolute atomic E-state index is 10.8. The molecular formula is C13H9N3O2. The second kappa shape index (κ2) is 4.97. The van der Waals surface area contributed by atoms with E-state index in [-0.39, 0.29) is 5.69 Å². The first-order chi connectivity index (χ1) is 8.70. The van der Waals surface area contributed by atoms with Crippen molar-refractivity contribution in [3.8, 4) is 6.07 Å². The summed E-state index contributed by atoms with van der Waals surface area (Å²) >= 11 is 0. The predicted molar refractivity (Wildman–Crippen MR) is 67.5 cm³/mol. The summed E-state index contributed by atoms with van der Waals surface area (Å²) in [6, 6.07) is 15.2. The van der Waals surface area contributed by atoms with Crippen LogP contribution in [0.2, 0.25) is 0 Å². The molecule has 0 saturated carbocycles. The van der Waals surface area contributed by atoms with E-state index >= 15 is 0 Å². The Bertz CT molecular complexity index is 632. The monoisotopic (exact) mass is 239 g/mol. The number of nitro benzene ring substituents is 1. The number of hydrogen-bond acceptors (Lipinski definition) is 4. The Balaban J connectivity index is 2.34. The Labute approximate surface area is 103 Å². The van der Waals surface area contributed by atoms with Crippen molar-refractivity contribution < 1.29 is 4.92 Å². The van der Waals surface area contributed by atoms with Gasteiger partial charge in [0.05, 0.1) is 16.6 Å². The predicted octanol–water partition coefficient (Wildman–Crippen LogP) is 3.21. The van der Waals surface area contributed by atoms with Gasteiger partial charge in [0.2, 0.25) is 0 Å². The van der Waals surface area contributed by atoms with Crippen molar-refractivity contribution in [1.29, 1.82) is 5.26 Å². The first kappa shape index (κ1) is 11.6. The largest absolute Gasteiger partial charge is 0.350 e. The van der Waals surface area contributed by atoms with Crippen molar-refractivity contribution >= 4 is 17.1 Å². The molecule has 0 aliphatic rings. The Kier molecular flexibility index (Phi) is 3.21. The van der Waals surface area contributed by atoms with E-state index in [9.17, 15) is 10.1 Å². The molecule has 5 nitrogen and oxygen atoms in total. The number of nitriles is 1. The molecule has 0 radical (unpaired) electrons. The lowest BCUT2D eigenvalue weighted by Gasteiger charge is -2.06. The number of nitro groups is 1. The highest BCUT2D eigenvalue weighted by Gasteiger charge is 2.12. The Morgan fingerprint density at radius 2 is 1.94 bits per heavy atom. The van der Waals surface area contributed by atoms with Crippen LogP contribution in [0, 0.1) is 21.4 Å². The molecule has 18 heavy (non-hydrogen) atoms. The van der Waals surface area contributed by atoms with Gasteiger partial charge in [-0.2, -0.15) is 5.26 Å². The van der Waals surface area contributed by atoms with Crippen LogP contribution in [0.4, 0.5) is 17.1 Å². The molecule has 2 aromatic rings. The molecular weight excluding hydrogens is 230 g/mol. The van der Waals surface area contributed by atoms with E-state index in [1.54, 1.807) is 42.5 Å². The van der Waals surface area contributed by atoms with Gasteiger partial charge in [0.15, 0.2) is 0 Å². The molecule has 0 aromatic heterocycles. The third kappa shape index (κ3) is 2.44. The standard InChI is InChI=1S/C13H9N3O2/c14-9-10-4-3-5-11(8-10)15-12-6-1-2-7-13(12)16(17)18/h1-8,15H. The fourth-order valence-corrected chi connectivity index (χ4v) is 1.56. The Morgan fingerprint density at radius 3 is 2.67 bits per heavy atom. The first-order valence-corrected chi connectivity index (χ1v) is 5.21. The van der Waals surface area contributed by atoms with Crippen LogP contribution in [-0.4, -0.2) is 4.92 Å². The summed E-state index contributed by atoms with van der Waals surface area (Å²) in [4.78, 5) is 10.4. The molecule has 0 aliphatic heterocycles. The molecule has 0 amide bonds. The van der Waals surface area contributed by atoms with Crippen LogP contribution in [0.3, 0.4) is 0 Å². The van der Waals surface area contributed by atoms with Crippen LogP contribution in [0.25, 0.3) is 0 Å². The highest BCUT2D eigenvalue weighted by atomic mass is 16.6. The SMILES string of the molecule is N#Cc1cccc(Nc2ccccc2[N+](=O)[O-])c1. The highest BCUT2D eigenvalue weighted by molar-refractivity contribution is 5.69. The first-order valence-electron chi connectivity index (χ1n) is 5.21. The molecule has 0 spiro atoms. The second-order valence-corrected chi connectivity index (χ2v) is 3.59. The normalized spacial score (nSPS) is 9.50. The molecule has 0 unspecified atom stereocenters. The van der Waals surface area contributed by atoms with Gasteiger partial charge >= 0.3 is 0 Å². The topological polar surface area (TPSA) is 79.0 Å². The summed E-state index contributed by atoms with van der Waals surface area (Å²) in [6.45, 7) is 0. The van der Waals surface area contributed by atoms with Gasteiger partial charge in [-0.25, -0.2) is 0 Å². The van der Waals surface area contributed by atoms with Crippen LogP contribution in [-0.2, 0) is 0 Å². The Hall–Kier alpha value is -2.87. The summed E-state index contributed by atoms with van der Waals surface area (Å²) < 4.78 is 0. The fraction of sp³-hybridized carbons (Fsp3) is 0.